The van der Waals surface area contributed by atoms with Gasteiger partial charge < -0.3 is 10.3 Å². The fraction of sp³-hybridized carbons (Fsp3) is 0.750. The Hall–Kier alpha value is -0.990. The number of anilines is 1. The lowest BCUT2D eigenvalue weighted by Gasteiger charge is -2.27. The summed E-state index contributed by atoms with van der Waals surface area (Å²) in [6, 6.07) is 0. The number of aryl methyl sites for hydroxylation is 1. The molecule has 0 radical (unpaired) electrons. The first-order valence-corrected chi connectivity index (χ1v) is 5.94. The van der Waals surface area contributed by atoms with Crippen LogP contribution in [0.25, 0.3) is 0 Å². The van der Waals surface area contributed by atoms with Crippen molar-refractivity contribution < 1.29 is 0 Å². The molecule has 1 aliphatic carbocycles. The molecule has 1 heterocycles. The van der Waals surface area contributed by atoms with E-state index < -0.39 is 0 Å². The zero-order chi connectivity index (χ0) is 10.8. The van der Waals surface area contributed by atoms with Crippen molar-refractivity contribution in [1.82, 2.24) is 9.55 Å². The Balaban J connectivity index is 1.97. The first-order valence-electron chi connectivity index (χ1n) is 5.94. The number of nitrogens with zero attached hydrogens (tertiary/aromatic N) is 2. The molecule has 1 aliphatic rings. The van der Waals surface area contributed by atoms with Crippen LogP contribution in [0.4, 0.5) is 5.95 Å². The van der Waals surface area contributed by atoms with Crippen LogP contribution in [0.15, 0.2) is 6.20 Å². The Morgan fingerprint density at radius 3 is 2.60 bits per heavy atom. The van der Waals surface area contributed by atoms with E-state index in [1.54, 1.807) is 0 Å². The van der Waals surface area contributed by atoms with E-state index in [-0.39, 0.29) is 0 Å². The van der Waals surface area contributed by atoms with Gasteiger partial charge in [0.2, 0.25) is 0 Å². The average Bonchev–Trinajstić information content (AvgIpc) is 2.53. The van der Waals surface area contributed by atoms with Crippen LogP contribution in [0.3, 0.4) is 0 Å². The third-order valence-electron chi connectivity index (χ3n) is 3.66. The van der Waals surface area contributed by atoms with E-state index in [1.165, 1.54) is 31.4 Å². The molecule has 2 N–H and O–H groups in total. The number of nitrogen functional groups attached to an aromatic ring is 1. The highest BCUT2D eigenvalue weighted by atomic mass is 15.1. The van der Waals surface area contributed by atoms with Gasteiger partial charge in [-0.05, 0) is 31.6 Å². The first kappa shape index (κ1) is 10.5. The third kappa shape index (κ3) is 2.33. The predicted octanol–water partition coefficient (Wildman–Crippen LogP) is 2.60. The highest BCUT2D eigenvalue weighted by molar-refractivity contribution is 5.21. The molecule has 2 rings (SSSR count). The van der Waals surface area contributed by atoms with Crippen molar-refractivity contribution in [3.05, 3.63) is 11.9 Å². The average molecular weight is 207 g/mol. The zero-order valence-electron chi connectivity index (χ0n) is 9.74. The van der Waals surface area contributed by atoms with E-state index >= 15 is 0 Å². The van der Waals surface area contributed by atoms with Gasteiger partial charge in [-0.25, -0.2) is 4.98 Å². The van der Waals surface area contributed by atoms with Crippen molar-refractivity contribution in [1.29, 1.82) is 0 Å². The smallest absolute Gasteiger partial charge is 0.200 e. The quantitative estimate of drug-likeness (QED) is 0.810. The molecule has 0 spiro atoms. The van der Waals surface area contributed by atoms with Crippen molar-refractivity contribution >= 4 is 5.95 Å². The summed E-state index contributed by atoms with van der Waals surface area (Å²) in [5, 5.41) is 0. The number of imidazole rings is 1. The topological polar surface area (TPSA) is 43.8 Å². The summed E-state index contributed by atoms with van der Waals surface area (Å²) >= 11 is 0. The van der Waals surface area contributed by atoms with Crippen LogP contribution < -0.4 is 5.73 Å². The largest absolute Gasteiger partial charge is 0.369 e. The van der Waals surface area contributed by atoms with Crippen LogP contribution >= 0.6 is 0 Å². The first-order chi connectivity index (χ1) is 7.16. The Labute approximate surface area is 91.7 Å². The molecule has 0 aromatic carbocycles. The lowest BCUT2D eigenvalue weighted by atomic mass is 9.83. The zero-order valence-corrected chi connectivity index (χ0v) is 9.74. The maximum atomic E-state index is 5.84. The second kappa shape index (κ2) is 4.25. The molecule has 1 saturated carbocycles. The Bertz CT molecular complexity index is 302. The van der Waals surface area contributed by atoms with E-state index in [9.17, 15) is 0 Å². The molecule has 0 atom stereocenters. The third-order valence-corrected chi connectivity index (χ3v) is 3.66. The SMILES string of the molecule is Cc1cnc(N)n1CC1CCC(C)CC1. The Morgan fingerprint density at radius 1 is 1.40 bits per heavy atom. The van der Waals surface area contributed by atoms with Gasteiger partial charge in [-0.1, -0.05) is 19.8 Å². The number of hydrogen-bond acceptors (Lipinski definition) is 2. The molecule has 1 aromatic heterocycles. The molecular weight excluding hydrogens is 186 g/mol. The van der Waals surface area contributed by atoms with Crippen molar-refractivity contribution in [2.45, 2.75) is 46.1 Å². The lowest BCUT2D eigenvalue weighted by molar-refractivity contribution is 0.264. The fourth-order valence-corrected chi connectivity index (χ4v) is 2.49. The number of rotatable bonds is 2. The molecule has 1 fully saturated rings. The van der Waals surface area contributed by atoms with Crippen molar-refractivity contribution in [3.8, 4) is 0 Å². The monoisotopic (exact) mass is 207 g/mol. The minimum Gasteiger partial charge on any atom is -0.369 e. The Morgan fingerprint density at radius 2 is 2.07 bits per heavy atom. The summed E-state index contributed by atoms with van der Waals surface area (Å²) in [5.74, 6) is 2.39. The molecule has 0 bridgehead atoms. The van der Waals surface area contributed by atoms with Crippen molar-refractivity contribution in [3.63, 3.8) is 0 Å². The number of aromatic nitrogens is 2. The van der Waals surface area contributed by atoms with Gasteiger partial charge in [0, 0.05) is 12.2 Å². The summed E-state index contributed by atoms with van der Waals surface area (Å²) in [7, 11) is 0. The normalized spacial score (nSPS) is 26.8. The molecular formula is C12H21N3. The van der Waals surface area contributed by atoms with Gasteiger partial charge in [-0.2, -0.15) is 0 Å². The summed E-state index contributed by atoms with van der Waals surface area (Å²) < 4.78 is 2.15. The molecule has 0 saturated heterocycles. The van der Waals surface area contributed by atoms with Crippen LogP contribution in [-0.4, -0.2) is 9.55 Å². The number of nitrogens with two attached hydrogens (primary N) is 1. The molecule has 3 nitrogen and oxygen atoms in total. The summed E-state index contributed by atoms with van der Waals surface area (Å²) in [6.45, 7) is 5.49. The summed E-state index contributed by atoms with van der Waals surface area (Å²) in [4.78, 5) is 4.14. The standard InChI is InChI=1S/C12H21N3/c1-9-3-5-11(6-4-9)8-15-10(2)7-14-12(15)13/h7,9,11H,3-6,8H2,1-2H3,(H2,13,14). The van der Waals surface area contributed by atoms with Crippen LogP contribution in [0.5, 0.6) is 0 Å². The molecule has 1 aromatic rings. The van der Waals surface area contributed by atoms with Crippen molar-refractivity contribution in [2.24, 2.45) is 11.8 Å². The molecule has 15 heavy (non-hydrogen) atoms. The van der Waals surface area contributed by atoms with Gasteiger partial charge in [0.15, 0.2) is 5.95 Å². The van der Waals surface area contributed by atoms with Crippen LogP contribution in [-0.2, 0) is 6.54 Å². The van der Waals surface area contributed by atoms with Crippen molar-refractivity contribution in [2.75, 3.05) is 5.73 Å². The predicted molar refractivity (Wildman–Crippen MR) is 62.5 cm³/mol. The van der Waals surface area contributed by atoms with Gasteiger partial charge in [-0.3, -0.25) is 0 Å². The summed E-state index contributed by atoms with van der Waals surface area (Å²) in [5.41, 5.74) is 7.02. The molecule has 0 aliphatic heterocycles. The summed E-state index contributed by atoms with van der Waals surface area (Å²) in [6.07, 6.45) is 7.30. The second-order valence-corrected chi connectivity index (χ2v) is 4.99. The van der Waals surface area contributed by atoms with Gasteiger partial charge in [0.1, 0.15) is 0 Å². The highest BCUT2D eigenvalue weighted by Crippen LogP contribution is 2.30. The molecule has 0 amide bonds. The maximum absolute atomic E-state index is 5.84. The molecule has 84 valence electrons. The van der Waals surface area contributed by atoms with Gasteiger partial charge in [0.05, 0.1) is 6.20 Å². The van der Waals surface area contributed by atoms with Gasteiger partial charge in [-0.15, -0.1) is 0 Å². The maximum Gasteiger partial charge on any atom is 0.200 e. The van der Waals surface area contributed by atoms with Gasteiger partial charge in [0.25, 0.3) is 0 Å². The van der Waals surface area contributed by atoms with Gasteiger partial charge >= 0.3 is 0 Å². The Kier molecular flexibility index (Phi) is 2.98. The molecule has 3 heteroatoms. The van der Waals surface area contributed by atoms with E-state index in [0.29, 0.717) is 5.95 Å². The van der Waals surface area contributed by atoms with E-state index in [2.05, 4.69) is 23.4 Å². The van der Waals surface area contributed by atoms with E-state index in [4.69, 9.17) is 5.73 Å². The highest BCUT2D eigenvalue weighted by Gasteiger charge is 2.19. The number of hydrogen-bond donors (Lipinski definition) is 1. The molecule has 0 unspecified atom stereocenters. The second-order valence-electron chi connectivity index (χ2n) is 4.99. The lowest BCUT2D eigenvalue weighted by Crippen LogP contribution is -2.19. The van der Waals surface area contributed by atoms with Crippen LogP contribution in [0, 0.1) is 18.8 Å². The minimum absolute atomic E-state index is 0.672. The van der Waals surface area contributed by atoms with E-state index in [1.807, 2.05) is 6.20 Å². The fourth-order valence-electron chi connectivity index (χ4n) is 2.49. The van der Waals surface area contributed by atoms with Crippen LogP contribution in [0.1, 0.15) is 38.3 Å². The minimum atomic E-state index is 0.672. The van der Waals surface area contributed by atoms with E-state index in [0.717, 1.165) is 18.4 Å². The van der Waals surface area contributed by atoms with Crippen LogP contribution in [0.2, 0.25) is 0 Å².